The highest BCUT2D eigenvalue weighted by atomic mass is 32.2. The number of aromatic nitrogens is 3. The van der Waals surface area contributed by atoms with Crippen LogP contribution in [0.15, 0.2) is 30.5 Å². The first-order valence-electron chi connectivity index (χ1n) is 11.2. The number of nitrogens with zero attached hydrogens (tertiary/aromatic N) is 5. The van der Waals surface area contributed by atoms with Gasteiger partial charge in [-0.25, -0.2) is 13.9 Å². The molecule has 1 saturated carbocycles. The number of halogens is 1. The molecule has 2 heterocycles. The monoisotopic (exact) mass is 476 g/mol. The van der Waals surface area contributed by atoms with Crippen molar-refractivity contribution < 1.29 is 9.18 Å². The van der Waals surface area contributed by atoms with Crippen LogP contribution in [0.5, 0.6) is 0 Å². The Morgan fingerprint density at radius 2 is 1.78 bits per heavy atom. The van der Waals surface area contributed by atoms with E-state index in [0.717, 1.165) is 41.5 Å². The Morgan fingerprint density at radius 3 is 2.50 bits per heavy atom. The molecule has 172 valence electrons. The van der Waals surface area contributed by atoms with E-state index in [-0.39, 0.29) is 11.8 Å². The average molecular weight is 477 g/mol. The number of hydrogen-bond donors (Lipinski definition) is 1. The zero-order valence-electron chi connectivity index (χ0n) is 18.1. The van der Waals surface area contributed by atoms with Crippen molar-refractivity contribution in [2.45, 2.75) is 50.4 Å². The second kappa shape index (κ2) is 11.1. The molecule has 0 radical (unpaired) electrons. The van der Waals surface area contributed by atoms with Gasteiger partial charge in [0.15, 0.2) is 0 Å². The van der Waals surface area contributed by atoms with Gasteiger partial charge in [-0.1, -0.05) is 60.6 Å². The molecule has 1 aliphatic heterocycles. The number of carbonyl (C=O) groups excluding carboxylic acids is 1. The van der Waals surface area contributed by atoms with Crippen LogP contribution in [0.1, 0.15) is 43.4 Å². The van der Waals surface area contributed by atoms with Crippen LogP contribution in [0.4, 0.5) is 9.18 Å². The van der Waals surface area contributed by atoms with Crippen LogP contribution in [0, 0.1) is 5.82 Å². The minimum Gasteiger partial charge on any atom is -0.354 e. The molecule has 1 aromatic heterocycles. The second-order valence-electron chi connectivity index (χ2n) is 8.35. The number of urea groups is 1. The van der Waals surface area contributed by atoms with Gasteiger partial charge in [0.2, 0.25) is 0 Å². The van der Waals surface area contributed by atoms with Gasteiger partial charge in [0.25, 0.3) is 0 Å². The van der Waals surface area contributed by atoms with Gasteiger partial charge in [0, 0.05) is 44.2 Å². The van der Waals surface area contributed by atoms with Crippen LogP contribution in [0.25, 0.3) is 0 Å². The summed E-state index contributed by atoms with van der Waals surface area (Å²) in [6.07, 6.45) is 7.80. The minimum atomic E-state index is -0.247. The van der Waals surface area contributed by atoms with Crippen molar-refractivity contribution in [2.24, 2.45) is 0 Å². The molecule has 32 heavy (non-hydrogen) atoms. The maximum absolute atomic E-state index is 13.0. The molecule has 0 spiro atoms. The molecule has 2 fully saturated rings. The Morgan fingerprint density at radius 1 is 1.09 bits per heavy atom. The summed E-state index contributed by atoms with van der Waals surface area (Å²) < 4.78 is 15.6. The summed E-state index contributed by atoms with van der Waals surface area (Å²) in [5, 5.41) is 11.6. The SMILES string of the molecule is O=C(NC1CCCCC1)N1CCN(C(=S)SCc2cn(Cc3ccc(F)cc3)nn2)CC1. The van der Waals surface area contributed by atoms with E-state index >= 15 is 0 Å². The zero-order chi connectivity index (χ0) is 22.3. The van der Waals surface area contributed by atoms with Crippen molar-refractivity contribution in [3.05, 3.63) is 47.5 Å². The number of benzene rings is 1. The first-order valence-corrected chi connectivity index (χ1v) is 12.6. The predicted molar refractivity (Wildman–Crippen MR) is 128 cm³/mol. The molecule has 1 N–H and O–H groups in total. The summed E-state index contributed by atoms with van der Waals surface area (Å²) >= 11 is 7.18. The molecule has 7 nitrogen and oxygen atoms in total. The highest BCUT2D eigenvalue weighted by molar-refractivity contribution is 8.22. The fraction of sp³-hybridized carbons (Fsp3) is 0.545. The molecule has 1 aromatic carbocycles. The van der Waals surface area contributed by atoms with Crippen molar-refractivity contribution >= 4 is 34.3 Å². The van der Waals surface area contributed by atoms with E-state index in [1.165, 1.54) is 31.4 Å². The summed E-state index contributed by atoms with van der Waals surface area (Å²) in [5.74, 6) is 0.397. The van der Waals surface area contributed by atoms with Crippen molar-refractivity contribution in [1.29, 1.82) is 0 Å². The summed E-state index contributed by atoms with van der Waals surface area (Å²) in [4.78, 5) is 16.6. The lowest BCUT2D eigenvalue weighted by Crippen LogP contribution is -2.54. The molecule has 10 heteroatoms. The quantitative estimate of drug-likeness (QED) is 0.665. The normalized spacial score (nSPS) is 17.4. The fourth-order valence-electron chi connectivity index (χ4n) is 4.09. The predicted octanol–water partition coefficient (Wildman–Crippen LogP) is 3.64. The van der Waals surface area contributed by atoms with Gasteiger partial charge in [0.05, 0.1) is 12.2 Å². The molecule has 1 saturated heterocycles. The molecule has 0 unspecified atom stereocenters. The molecule has 1 aliphatic carbocycles. The number of rotatable bonds is 5. The molecular weight excluding hydrogens is 447 g/mol. The number of piperazine rings is 1. The van der Waals surface area contributed by atoms with Crippen LogP contribution < -0.4 is 5.32 Å². The van der Waals surface area contributed by atoms with E-state index in [1.54, 1.807) is 28.6 Å². The number of hydrogen-bond acceptors (Lipinski definition) is 5. The Hall–Kier alpha value is -2.20. The highest BCUT2D eigenvalue weighted by Crippen LogP contribution is 2.19. The van der Waals surface area contributed by atoms with Crippen molar-refractivity contribution in [1.82, 2.24) is 30.1 Å². The van der Waals surface area contributed by atoms with Gasteiger partial charge in [-0.3, -0.25) is 0 Å². The topological polar surface area (TPSA) is 66.3 Å². The number of carbonyl (C=O) groups is 1. The number of thioether (sulfide) groups is 1. The van der Waals surface area contributed by atoms with Crippen molar-refractivity contribution in [3.8, 4) is 0 Å². The molecule has 2 aliphatic rings. The summed E-state index contributed by atoms with van der Waals surface area (Å²) in [6.45, 7) is 3.43. The van der Waals surface area contributed by atoms with E-state index in [2.05, 4.69) is 20.5 Å². The van der Waals surface area contributed by atoms with Crippen LogP contribution in [-0.2, 0) is 12.3 Å². The summed E-state index contributed by atoms with van der Waals surface area (Å²) in [6, 6.07) is 6.78. The lowest BCUT2D eigenvalue weighted by atomic mass is 9.96. The number of thiocarbonyl (C=S) groups is 1. The standard InChI is InChI=1S/C22H29FN6OS2/c23-18-8-6-17(7-9-18)14-29-15-20(25-26-29)16-32-22(31)28-12-10-27(11-13-28)21(30)24-19-4-2-1-3-5-19/h6-9,15,19H,1-5,10-14,16H2,(H,24,30). The third-order valence-electron chi connectivity index (χ3n) is 5.95. The Bertz CT molecular complexity index is 907. The van der Waals surface area contributed by atoms with E-state index in [0.29, 0.717) is 31.4 Å². The lowest BCUT2D eigenvalue weighted by Gasteiger charge is -2.36. The van der Waals surface area contributed by atoms with E-state index in [9.17, 15) is 9.18 Å². The second-order valence-corrected chi connectivity index (χ2v) is 9.96. The summed E-state index contributed by atoms with van der Waals surface area (Å²) in [5.41, 5.74) is 1.82. The highest BCUT2D eigenvalue weighted by Gasteiger charge is 2.25. The Labute approximate surface area is 197 Å². The van der Waals surface area contributed by atoms with Crippen LogP contribution in [0.2, 0.25) is 0 Å². The van der Waals surface area contributed by atoms with Gasteiger partial charge < -0.3 is 15.1 Å². The van der Waals surface area contributed by atoms with Gasteiger partial charge in [-0.05, 0) is 30.5 Å². The van der Waals surface area contributed by atoms with Crippen LogP contribution >= 0.6 is 24.0 Å². The molecular formula is C22H29FN6OS2. The van der Waals surface area contributed by atoms with Gasteiger partial charge in [-0.2, -0.15) is 0 Å². The Balaban J connectivity index is 1.18. The average Bonchev–Trinajstić information content (AvgIpc) is 3.27. The molecule has 0 bridgehead atoms. The summed E-state index contributed by atoms with van der Waals surface area (Å²) in [7, 11) is 0. The molecule has 2 aromatic rings. The van der Waals surface area contributed by atoms with Gasteiger partial charge in [-0.15, -0.1) is 5.10 Å². The Kier molecular flexibility index (Phi) is 7.96. The molecule has 4 rings (SSSR count). The number of nitrogens with one attached hydrogen (secondary N) is 1. The van der Waals surface area contributed by atoms with E-state index in [4.69, 9.17) is 12.2 Å². The smallest absolute Gasteiger partial charge is 0.317 e. The fourth-order valence-corrected chi connectivity index (χ4v) is 5.22. The maximum atomic E-state index is 13.0. The zero-order valence-corrected chi connectivity index (χ0v) is 19.7. The van der Waals surface area contributed by atoms with E-state index in [1.807, 2.05) is 11.1 Å². The third-order valence-corrected chi connectivity index (χ3v) is 7.50. The van der Waals surface area contributed by atoms with Crippen LogP contribution in [0.3, 0.4) is 0 Å². The largest absolute Gasteiger partial charge is 0.354 e. The number of amides is 2. The minimum absolute atomic E-state index is 0.0629. The van der Waals surface area contributed by atoms with Gasteiger partial charge >= 0.3 is 6.03 Å². The van der Waals surface area contributed by atoms with Crippen molar-refractivity contribution in [2.75, 3.05) is 26.2 Å². The first-order chi connectivity index (χ1) is 15.6. The first kappa shape index (κ1) is 23.0. The molecule has 0 atom stereocenters. The maximum Gasteiger partial charge on any atom is 0.317 e. The molecule has 2 amide bonds. The lowest BCUT2D eigenvalue weighted by molar-refractivity contribution is 0.165. The van der Waals surface area contributed by atoms with Crippen LogP contribution in [-0.4, -0.2) is 67.4 Å². The van der Waals surface area contributed by atoms with Crippen molar-refractivity contribution in [3.63, 3.8) is 0 Å². The van der Waals surface area contributed by atoms with Gasteiger partial charge in [0.1, 0.15) is 10.1 Å². The van der Waals surface area contributed by atoms with E-state index < -0.39 is 0 Å². The third kappa shape index (κ3) is 6.41.